The number of hydrogen-bond acceptors (Lipinski definition) is 5. The first-order valence-electron chi connectivity index (χ1n) is 8.99. The Bertz CT molecular complexity index is 1140. The van der Waals surface area contributed by atoms with Crippen molar-refractivity contribution in [3.8, 4) is 0 Å². The van der Waals surface area contributed by atoms with Gasteiger partial charge in [0.2, 0.25) is 0 Å². The molecule has 3 aromatic carbocycles. The number of para-hydroxylation sites is 1. The predicted molar refractivity (Wildman–Crippen MR) is 114 cm³/mol. The topological polar surface area (TPSA) is 114 Å². The van der Waals surface area contributed by atoms with Crippen LogP contribution in [0.2, 0.25) is 0 Å². The van der Waals surface area contributed by atoms with Crippen molar-refractivity contribution in [1.82, 2.24) is 5.43 Å². The number of benzene rings is 3. The lowest BCUT2D eigenvalue weighted by Crippen LogP contribution is -2.21. The quantitative estimate of drug-likeness (QED) is 0.369. The molecule has 0 spiro atoms. The third kappa shape index (κ3) is 4.93. The van der Waals surface area contributed by atoms with E-state index in [1.807, 2.05) is 19.1 Å². The molecule has 0 bridgehead atoms. The lowest BCUT2D eigenvalue weighted by molar-refractivity contribution is -0.384. The van der Waals surface area contributed by atoms with E-state index in [4.69, 9.17) is 0 Å². The van der Waals surface area contributed by atoms with Crippen LogP contribution in [-0.4, -0.2) is 23.0 Å². The molecule has 2 amide bonds. The van der Waals surface area contributed by atoms with Gasteiger partial charge in [0.1, 0.15) is 0 Å². The minimum absolute atomic E-state index is 0.0745. The number of carbonyl (C=O) groups excluding carboxylic acids is 2. The van der Waals surface area contributed by atoms with Crippen molar-refractivity contribution in [3.05, 3.63) is 105 Å². The van der Waals surface area contributed by atoms with Gasteiger partial charge in [-0.1, -0.05) is 42.5 Å². The molecule has 8 nitrogen and oxygen atoms in total. The molecule has 3 rings (SSSR count). The average Bonchev–Trinajstić information content (AvgIpc) is 2.74. The first-order chi connectivity index (χ1) is 14.5. The number of nitro groups is 1. The maximum absolute atomic E-state index is 12.6. The summed E-state index contributed by atoms with van der Waals surface area (Å²) in [6.45, 7) is 1.83. The molecule has 150 valence electrons. The molecule has 0 aliphatic carbocycles. The monoisotopic (exact) mass is 402 g/mol. The number of carbonyl (C=O) groups is 2. The third-order valence-corrected chi connectivity index (χ3v) is 4.27. The molecule has 0 heterocycles. The van der Waals surface area contributed by atoms with Crippen LogP contribution in [0.25, 0.3) is 0 Å². The zero-order valence-electron chi connectivity index (χ0n) is 16.0. The lowest BCUT2D eigenvalue weighted by Gasteiger charge is -2.11. The summed E-state index contributed by atoms with van der Waals surface area (Å²) in [6.07, 6.45) is 1.30. The molecule has 0 saturated heterocycles. The molecule has 0 aliphatic rings. The number of rotatable bonds is 6. The number of nitro benzene ring substituents is 1. The van der Waals surface area contributed by atoms with Crippen LogP contribution in [0.4, 0.5) is 11.4 Å². The normalized spacial score (nSPS) is 10.6. The van der Waals surface area contributed by atoms with Crippen molar-refractivity contribution in [3.63, 3.8) is 0 Å². The molecule has 8 heteroatoms. The first kappa shape index (κ1) is 20.4. The summed E-state index contributed by atoms with van der Waals surface area (Å²) in [4.78, 5) is 35.4. The maximum Gasteiger partial charge on any atom is 0.273 e. The zero-order valence-corrected chi connectivity index (χ0v) is 16.0. The van der Waals surface area contributed by atoms with Crippen LogP contribution < -0.4 is 10.7 Å². The van der Waals surface area contributed by atoms with Crippen molar-refractivity contribution < 1.29 is 14.5 Å². The molecule has 0 atom stereocenters. The minimum atomic E-state index is -0.530. The highest BCUT2D eigenvalue weighted by Gasteiger charge is 2.14. The molecule has 0 fully saturated rings. The van der Waals surface area contributed by atoms with E-state index in [0.29, 0.717) is 16.8 Å². The van der Waals surface area contributed by atoms with E-state index in [2.05, 4.69) is 15.8 Å². The van der Waals surface area contributed by atoms with Gasteiger partial charge in [-0.05, 0) is 30.7 Å². The first-order valence-corrected chi connectivity index (χ1v) is 8.99. The van der Waals surface area contributed by atoms with Gasteiger partial charge >= 0.3 is 0 Å². The molecule has 0 aromatic heterocycles. The van der Waals surface area contributed by atoms with Crippen LogP contribution in [0, 0.1) is 17.0 Å². The van der Waals surface area contributed by atoms with Crippen molar-refractivity contribution in [2.45, 2.75) is 6.92 Å². The summed E-state index contributed by atoms with van der Waals surface area (Å²) in [5, 5.41) is 17.4. The predicted octanol–water partition coefficient (Wildman–Crippen LogP) is 3.92. The van der Waals surface area contributed by atoms with Gasteiger partial charge in [-0.15, -0.1) is 0 Å². The van der Waals surface area contributed by atoms with E-state index in [-0.39, 0.29) is 17.2 Å². The second-order valence-electron chi connectivity index (χ2n) is 6.37. The molecule has 0 aliphatic heterocycles. The molecule has 0 unspecified atom stereocenters. The summed E-state index contributed by atoms with van der Waals surface area (Å²) >= 11 is 0. The second-order valence-corrected chi connectivity index (χ2v) is 6.37. The van der Waals surface area contributed by atoms with E-state index in [1.165, 1.54) is 24.4 Å². The summed E-state index contributed by atoms with van der Waals surface area (Å²) in [5.41, 5.74) is 4.66. The smallest absolute Gasteiger partial charge is 0.273 e. The number of hydrogen-bond donors (Lipinski definition) is 2. The second kappa shape index (κ2) is 9.24. The van der Waals surface area contributed by atoms with Crippen LogP contribution in [0.1, 0.15) is 31.8 Å². The number of amides is 2. The largest absolute Gasteiger partial charge is 0.321 e. The fourth-order valence-electron chi connectivity index (χ4n) is 2.75. The molecule has 30 heavy (non-hydrogen) atoms. The third-order valence-electron chi connectivity index (χ3n) is 4.27. The van der Waals surface area contributed by atoms with Gasteiger partial charge in [-0.2, -0.15) is 5.10 Å². The lowest BCUT2D eigenvalue weighted by atomic mass is 10.1. The SMILES string of the molecule is Cc1ccccc1C(=O)Nc1ccccc1C(=O)NN=Cc1cccc([N+](=O)[O-])c1. The highest BCUT2D eigenvalue weighted by molar-refractivity contribution is 6.09. The van der Waals surface area contributed by atoms with Gasteiger partial charge in [0.05, 0.1) is 22.4 Å². The van der Waals surface area contributed by atoms with Gasteiger partial charge in [-0.25, -0.2) is 5.43 Å². The minimum Gasteiger partial charge on any atom is -0.321 e. The Morgan fingerprint density at radius 1 is 0.933 bits per heavy atom. The number of non-ortho nitro benzene ring substituents is 1. The van der Waals surface area contributed by atoms with Crippen LogP contribution in [0.5, 0.6) is 0 Å². The Morgan fingerprint density at radius 3 is 2.37 bits per heavy atom. The molecular weight excluding hydrogens is 384 g/mol. The van der Waals surface area contributed by atoms with E-state index in [1.54, 1.807) is 42.5 Å². The molecule has 3 aromatic rings. The zero-order chi connectivity index (χ0) is 21.5. The number of nitrogens with zero attached hydrogens (tertiary/aromatic N) is 2. The van der Waals surface area contributed by atoms with Crippen LogP contribution in [0.3, 0.4) is 0 Å². The van der Waals surface area contributed by atoms with E-state index < -0.39 is 10.8 Å². The highest BCUT2D eigenvalue weighted by atomic mass is 16.6. The Labute approximate surface area is 172 Å². The number of nitrogens with one attached hydrogen (secondary N) is 2. The highest BCUT2D eigenvalue weighted by Crippen LogP contribution is 2.17. The number of anilines is 1. The van der Waals surface area contributed by atoms with Gasteiger partial charge in [0.15, 0.2) is 0 Å². The van der Waals surface area contributed by atoms with Crippen molar-refractivity contribution in [2.24, 2.45) is 5.10 Å². The molecular formula is C22H18N4O4. The van der Waals surface area contributed by atoms with Crippen molar-refractivity contribution in [2.75, 3.05) is 5.32 Å². The standard InChI is InChI=1S/C22H18N4O4/c1-15-7-2-3-10-18(15)21(27)24-20-12-5-4-11-19(20)22(28)25-23-14-16-8-6-9-17(13-16)26(29)30/h2-14H,1H3,(H,24,27)(H,25,28). The summed E-state index contributed by atoms with van der Waals surface area (Å²) in [5.74, 6) is -0.856. The van der Waals surface area contributed by atoms with Gasteiger partial charge in [0.25, 0.3) is 17.5 Å². The fraction of sp³-hybridized carbons (Fsp3) is 0.0455. The van der Waals surface area contributed by atoms with E-state index in [9.17, 15) is 19.7 Å². The number of aryl methyl sites for hydroxylation is 1. The molecule has 2 N–H and O–H groups in total. The van der Waals surface area contributed by atoms with Gasteiger partial charge < -0.3 is 5.32 Å². The summed E-state index contributed by atoms with van der Waals surface area (Å²) in [7, 11) is 0. The average molecular weight is 402 g/mol. The van der Waals surface area contributed by atoms with Crippen molar-refractivity contribution in [1.29, 1.82) is 0 Å². The van der Waals surface area contributed by atoms with Crippen LogP contribution in [0.15, 0.2) is 77.9 Å². The van der Waals surface area contributed by atoms with Crippen LogP contribution >= 0.6 is 0 Å². The van der Waals surface area contributed by atoms with Gasteiger partial charge in [0, 0.05) is 23.3 Å². The summed E-state index contributed by atoms with van der Waals surface area (Å²) in [6, 6.07) is 19.6. The summed E-state index contributed by atoms with van der Waals surface area (Å²) < 4.78 is 0. The van der Waals surface area contributed by atoms with Crippen LogP contribution in [-0.2, 0) is 0 Å². The van der Waals surface area contributed by atoms with E-state index >= 15 is 0 Å². The molecule has 0 saturated carbocycles. The maximum atomic E-state index is 12.6. The number of hydrazone groups is 1. The Hall–Kier alpha value is -4.33. The Kier molecular flexibility index (Phi) is 6.29. The van der Waals surface area contributed by atoms with Gasteiger partial charge in [-0.3, -0.25) is 19.7 Å². The van der Waals surface area contributed by atoms with E-state index in [0.717, 1.165) is 5.56 Å². The van der Waals surface area contributed by atoms with Crippen molar-refractivity contribution >= 4 is 29.4 Å². The fourth-order valence-corrected chi connectivity index (χ4v) is 2.75. The Morgan fingerprint density at radius 2 is 1.63 bits per heavy atom. The molecule has 0 radical (unpaired) electrons. The Balaban J connectivity index is 1.73.